The number of benzene rings is 6. The molecule has 0 saturated carbocycles. The Hall–Kier alpha value is -14.8. The molecule has 134 heavy (non-hydrogen) atoms. The first-order chi connectivity index (χ1) is 64.2. The fourth-order valence-corrected chi connectivity index (χ4v) is 17.6. The van der Waals surface area contributed by atoms with Crippen LogP contribution in [0.3, 0.4) is 0 Å². The molecule has 8 amide bonds. The number of hydrogen-bond donors (Lipinski definition) is 6. The number of hydrogen-bond acceptors (Lipinski definition) is 16. The van der Waals surface area contributed by atoms with Crippen molar-refractivity contribution in [3.8, 4) is 23.0 Å². The van der Waals surface area contributed by atoms with E-state index in [-0.39, 0.29) is 94.6 Å². The summed E-state index contributed by atoms with van der Waals surface area (Å²) in [6.45, 7) is 1.42. The molecule has 0 spiro atoms. The van der Waals surface area contributed by atoms with E-state index in [2.05, 4.69) is 21.3 Å². The van der Waals surface area contributed by atoms with Crippen LogP contribution in [0.5, 0.6) is 23.0 Å². The Bertz CT molecular complexity index is 6160. The second kappa shape index (κ2) is 40.1. The Morgan fingerprint density at radius 1 is 0.313 bits per heavy atom. The van der Waals surface area contributed by atoms with Crippen LogP contribution in [-0.4, -0.2) is 148 Å². The maximum atomic E-state index is 14.1. The number of carbonyl (C=O) groups is 8. The number of rotatable bonds is 18. The van der Waals surface area contributed by atoms with E-state index in [1.807, 2.05) is 36.4 Å². The van der Waals surface area contributed by atoms with Crippen molar-refractivity contribution in [2.24, 2.45) is 0 Å². The molecule has 0 unspecified atom stereocenters. The summed E-state index contributed by atoms with van der Waals surface area (Å²) in [5, 5.41) is 29.8. The minimum absolute atomic E-state index is 0.00188. The van der Waals surface area contributed by atoms with Crippen molar-refractivity contribution in [1.29, 1.82) is 0 Å². The number of ether oxygens (including phenoxy) is 2. The number of nitrogens with zero attached hydrogens (tertiary/aromatic N) is 8. The second-order valence-electron chi connectivity index (χ2n) is 33.1. The summed E-state index contributed by atoms with van der Waals surface area (Å²) in [5.74, 6) is -21.2. The van der Waals surface area contributed by atoms with Crippen LogP contribution >= 0.6 is 0 Å². The molecule has 8 aliphatic rings. The van der Waals surface area contributed by atoms with Gasteiger partial charge in [0.05, 0.1) is 24.2 Å². The number of fused-ring (bicyclic) bond motifs is 16. The molecular weight excluding hydrogens is 1780 g/mol. The van der Waals surface area contributed by atoms with Gasteiger partial charge in [0, 0.05) is 174 Å². The van der Waals surface area contributed by atoms with Gasteiger partial charge in [-0.25, -0.2) is 52.7 Å². The number of aromatic hydroxyl groups is 2. The molecule has 4 atom stereocenters. The van der Waals surface area contributed by atoms with E-state index in [1.54, 1.807) is 53.0 Å². The predicted octanol–water partition coefficient (Wildman–Crippen LogP) is 12.1. The molecule has 0 aliphatic carbocycles. The standard InChI is InChI=1S/2C27H24F3N3O4.2C20H18F3N3O4/c2*28-17-10-21(29)19(22(30)11-17)12-31-26(35)20-14-33-18-8-4-5-9-32(13-18)27(36)23(33)25(24(20)34)37-15-16-6-2-1-3-7-16;2*21-10-5-14(22)12(15(23)6-10)7-24-19(29)13-9-26-11-3-1-2-4-25(8-11)20(30)16(26)18(28)17(13)27/h2*1-3,6-7,10-11,14,18H,4-5,8-9,12-13,15H2,(H,31,35);2*5-6,9,11,28H,1-4,7-8H2,(H,24,29)/t2*18-;2*11-/m1010/s1. The summed E-state index contributed by atoms with van der Waals surface area (Å²) in [6.07, 6.45) is 14.6. The minimum atomic E-state index is -1.18. The topological polar surface area (TPSA) is 345 Å². The Labute approximate surface area is 752 Å². The molecule has 700 valence electrons. The van der Waals surface area contributed by atoms with Gasteiger partial charge in [-0.05, 0) is 88.2 Å². The molecule has 4 fully saturated rings. The van der Waals surface area contributed by atoms with Crippen LogP contribution in [0, 0.1) is 69.8 Å². The average molecular weight is 1870 g/mol. The Morgan fingerprint density at radius 3 is 0.784 bits per heavy atom. The summed E-state index contributed by atoms with van der Waals surface area (Å²) < 4.78 is 182. The van der Waals surface area contributed by atoms with Crippen molar-refractivity contribution in [3.63, 3.8) is 0 Å². The maximum absolute atomic E-state index is 14.1. The van der Waals surface area contributed by atoms with Crippen molar-refractivity contribution in [3.05, 3.63) is 323 Å². The van der Waals surface area contributed by atoms with Crippen LogP contribution in [-0.2, 0) is 39.4 Å². The van der Waals surface area contributed by atoms with Gasteiger partial charge in [-0.15, -0.1) is 0 Å². The molecule has 6 N–H and O–H groups in total. The number of pyridine rings is 4. The molecule has 12 heterocycles. The minimum Gasteiger partial charge on any atom is -0.503 e. The highest BCUT2D eigenvalue weighted by atomic mass is 19.2. The third-order valence-corrected chi connectivity index (χ3v) is 24.5. The Kier molecular flexibility index (Phi) is 28.1. The van der Waals surface area contributed by atoms with E-state index in [9.17, 15) is 120 Å². The van der Waals surface area contributed by atoms with Crippen molar-refractivity contribution < 1.29 is 111 Å². The molecular formula is C94H84F12N12O16. The number of nitrogens with one attached hydrogen (secondary N) is 4. The van der Waals surface area contributed by atoms with E-state index in [0.717, 1.165) is 75.3 Å². The SMILES string of the molecule is O=C(NCc1c(F)cc(F)cc1F)c1cn2c(c(O)c1=O)C(=O)N1CCCC[C@@H]2C1.O=C(NCc1c(F)cc(F)cc1F)c1cn2c(c(O)c1=O)C(=O)N1CCCC[C@H]2C1.O=C(NCc1c(F)cc(F)cc1F)c1cn2c(c(OCc3ccccc3)c1=O)C(=O)N1CCCC[C@@H]2C1.O=C(NCc1c(F)cc(F)cc1F)c1cn2c(c(OCc3ccccc3)c1=O)C(=O)N1CCCC[C@H]2C1. The number of amides is 8. The van der Waals surface area contributed by atoms with Gasteiger partial charge in [0.1, 0.15) is 105 Å². The largest absolute Gasteiger partial charge is 0.503 e. The van der Waals surface area contributed by atoms with Gasteiger partial charge >= 0.3 is 0 Å². The molecule has 18 rings (SSSR count). The fourth-order valence-electron chi connectivity index (χ4n) is 17.6. The molecule has 8 bridgehead atoms. The van der Waals surface area contributed by atoms with Crippen LogP contribution in [0.1, 0.15) is 218 Å². The molecule has 10 aromatic rings. The summed E-state index contributed by atoms with van der Waals surface area (Å²) in [5.41, 5.74) is -6.07. The zero-order valence-electron chi connectivity index (χ0n) is 71.1. The van der Waals surface area contributed by atoms with Crippen LogP contribution in [0.4, 0.5) is 52.7 Å². The van der Waals surface area contributed by atoms with Gasteiger partial charge in [-0.2, -0.15) is 0 Å². The zero-order valence-corrected chi connectivity index (χ0v) is 71.1. The van der Waals surface area contributed by atoms with Gasteiger partial charge in [0.2, 0.25) is 21.7 Å². The molecule has 4 aromatic heterocycles. The van der Waals surface area contributed by atoms with Gasteiger partial charge in [0.15, 0.2) is 45.8 Å². The Morgan fingerprint density at radius 2 is 0.537 bits per heavy atom. The lowest BCUT2D eigenvalue weighted by Crippen LogP contribution is -2.44. The van der Waals surface area contributed by atoms with Crippen LogP contribution in [0.2, 0.25) is 0 Å². The average Bonchev–Trinajstić information content (AvgIpc) is 1.19. The quantitative estimate of drug-likeness (QED) is 0.0435. The highest BCUT2D eigenvalue weighted by molar-refractivity contribution is 6.02. The third-order valence-electron chi connectivity index (χ3n) is 24.5. The molecule has 4 saturated heterocycles. The van der Waals surface area contributed by atoms with E-state index < -0.39 is 198 Å². The molecule has 28 nitrogen and oxygen atoms in total. The number of halogens is 12. The third kappa shape index (κ3) is 19.7. The fraction of sp³-hybridized carbons (Fsp3) is 0.319. The van der Waals surface area contributed by atoms with Crippen LogP contribution in [0.15, 0.2) is 153 Å². The van der Waals surface area contributed by atoms with E-state index in [4.69, 9.17) is 9.47 Å². The Balaban J connectivity index is 0.000000137. The van der Waals surface area contributed by atoms with Gasteiger partial charge in [-0.3, -0.25) is 57.5 Å². The summed E-state index contributed by atoms with van der Waals surface area (Å²) in [7, 11) is 0. The zero-order chi connectivity index (χ0) is 95.4. The van der Waals surface area contributed by atoms with Gasteiger partial charge in [0.25, 0.3) is 47.3 Å². The predicted molar refractivity (Wildman–Crippen MR) is 453 cm³/mol. The van der Waals surface area contributed by atoms with Crippen molar-refractivity contribution in [2.45, 2.75) is 141 Å². The monoisotopic (exact) mass is 1860 g/mol. The maximum Gasteiger partial charge on any atom is 0.274 e. The smallest absolute Gasteiger partial charge is 0.274 e. The number of carbonyl (C=O) groups excluding carboxylic acids is 8. The second-order valence-corrected chi connectivity index (χ2v) is 33.1. The highest BCUT2D eigenvalue weighted by Crippen LogP contribution is 2.38. The lowest BCUT2D eigenvalue weighted by atomic mass is 10.1. The summed E-state index contributed by atoms with van der Waals surface area (Å²) in [4.78, 5) is 162. The van der Waals surface area contributed by atoms with Crippen LogP contribution in [0.25, 0.3) is 0 Å². The van der Waals surface area contributed by atoms with E-state index >= 15 is 0 Å². The van der Waals surface area contributed by atoms with Crippen molar-refractivity contribution in [1.82, 2.24) is 59.1 Å². The molecule has 6 aromatic carbocycles. The lowest BCUT2D eigenvalue weighted by Gasteiger charge is -2.35. The highest BCUT2D eigenvalue weighted by Gasteiger charge is 2.43. The normalized spacial score (nSPS) is 17.3. The first-order valence-corrected chi connectivity index (χ1v) is 42.9. The summed E-state index contributed by atoms with van der Waals surface area (Å²) in [6, 6.07) is 21.4. The van der Waals surface area contributed by atoms with Crippen molar-refractivity contribution >= 4 is 47.3 Å². The summed E-state index contributed by atoms with van der Waals surface area (Å²) >= 11 is 0. The molecule has 8 aliphatic heterocycles. The van der Waals surface area contributed by atoms with Crippen LogP contribution < -0.4 is 52.5 Å². The molecule has 0 radical (unpaired) electrons. The number of aromatic nitrogens is 4. The van der Waals surface area contributed by atoms with E-state index in [1.165, 1.54) is 33.9 Å². The van der Waals surface area contributed by atoms with Gasteiger partial charge in [-0.1, -0.05) is 60.7 Å². The van der Waals surface area contributed by atoms with Gasteiger partial charge < -0.3 is 78.8 Å². The first-order valence-electron chi connectivity index (χ1n) is 42.9. The first kappa shape index (κ1) is 93.9. The molecule has 40 heteroatoms. The van der Waals surface area contributed by atoms with Crippen molar-refractivity contribution in [2.75, 3.05) is 52.4 Å². The lowest BCUT2D eigenvalue weighted by molar-refractivity contribution is 0.0667. The van der Waals surface area contributed by atoms with E-state index in [0.29, 0.717) is 114 Å².